The SMILES string of the molecule is CCC1(CC)COC(=O)N1c1nc2c(s1)CCc1cc(C#N)ccc1-2. The molecule has 1 saturated heterocycles. The molecule has 1 aromatic carbocycles. The standard InChI is InChI=1S/C19H19N3O2S/c1-3-19(4-2)11-24-18(23)22(19)17-21-16-14-7-5-12(10-20)9-13(14)6-8-15(16)25-17/h5,7,9H,3-4,6,8,11H2,1-2H3. The van der Waals surface area contributed by atoms with E-state index >= 15 is 0 Å². The number of ether oxygens (including phenoxy) is 1. The van der Waals surface area contributed by atoms with Gasteiger partial charge in [0.15, 0.2) is 5.13 Å². The Balaban J connectivity index is 1.79. The fourth-order valence-corrected chi connectivity index (χ4v) is 4.91. The molecule has 1 fully saturated rings. The number of carbonyl (C=O) groups excluding carboxylic acids is 1. The Hall–Kier alpha value is -2.39. The van der Waals surface area contributed by atoms with Gasteiger partial charge in [-0.2, -0.15) is 5.26 Å². The molecule has 2 aromatic rings. The first kappa shape index (κ1) is 16.1. The Bertz CT molecular complexity index is 893. The highest BCUT2D eigenvalue weighted by molar-refractivity contribution is 7.16. The quantitative estimate of drug-likeness (QED) is 0.825. The molecule has 1 aliphatic heterocycles. The minimum absolute atomic E-state index is 0.296. The number of rotatable bonds is 3. The van der Waals surface area contributed by atoms with Crippen LogP contribution in [0.5, 0.6) is 0 Å². The fraction of sp³-hybridized carbons (Fsp3) is 0.421. The van der Waals surface area contributed by atoms with Crippen molar-refractivity contribution in [2.45, 2.75) is 45.1 Å². The second kappa shape index (κ2) is 5.85. The third-order valence-corrected chi connectivity index (χ3v) is 6.53. The van der Waals surface area contributed by atoms with Crippen LogP contribution in [0, 0.1) is 11.3 Å². The second-order valence-electron chi connectivity index (χ2n) is 6.57. The minimum Gasteiger partial charge on any atom is -0.447 e. The molecule has 1 aromatic heterocycles. The first-order valence-electron chi connectivity index (χ1n) is 8.62. The van der Waals surface area contributed by atoms with Gasteiger partial charge in [0.25, 0.3) is 0 Å². The van der Waals surface area contributed by atoms with Crippen molar-refractivity contribution in [1.29, 1.82) is 5.26 Å². The summed E-state index contributed by atoms with van der Waals surface area (Å²) in [4.78, 5) is 20.2. The third-order valence-electron chi connectivity index (χ3n) is 5.43. The van der Waals surface area contributed by atoms with Gasteiger partial charge in [0.2, 0.25) is 0 Å². The predicted molar refractivity (Wildman–Crippen MR) is 96.8 cm³/mol. The summed E-state index contributed by atoms with van der Waals surface area (Å²) in [7, 11) is 0. The van der Waals surface area contributed by atoms with E-state index in [4.69, 9.17) is 15.0 Å². The molecule has 0 radical (unpaired) electrons. The van der Waals surface area contributed by atoms with Gasteiger partial charge in [0.1, 0.15) is 6.61 Å². The van der Waals surface area contributed by atoms with Crippen LogP contribution in [-0.2, 0) is 17.6 Å². The molecule has 0 spiro atoms. The topological polar surface area (TPSA) is 66.2 Å². The van der Waals surface area contributed by atoms with Crippen molar-refractivity contribution in [2.24, 2.45) is 0 Å². The first-order valence-corrected chi connectivity index (χ1v) is 9.43. The van der Waals surface area contributed by atoms with Gasteiger partial charge < -0.3 is 4.74 Å². The van der Waals surface area contributed by atoms with E-state index in [2.05, 4.69) is 19.9 Å². The highest BCUT2D eigenvalue weighted by Crippen LogP contribution is 2.43. The number of fused-ring (bicyclic) bond motifs is 3. The predicted octanol–water partition coefficient (Wildman–Crippen LogP) is 4.30. The number of benzene rings is 1. The molecule has 0 atom stereocenters. The van der Waals surface area contributed by atoms with E-state index in [9.17, 15) is 4.79 Å². The lowest BCUT2D eigenvalue weighted by atomic mass is 9.92. The lowest BCUT2D eigenvalue weighted by Gasteiger charge is -2.31. The summed E-state index contributed by atoms with van der Waals surface area (Å²) in [5.41, 5.74) is 3.56. The van der Waals surface area contributed by atoms with Crippen LogP contribution in [0.1, 0.15) is 42.7 Å². The smallest absolute Gasteiger partial charge is 0.416 e. The molecule has 5 nitrogen and oxygen atoms in total. The van der Waals surface area contributed by atoms with E-state index in [1.54, 1.807) is 16.2 Å². The molecule has 0 saturated carbocycles. The van der Waals surface area contributed by atoms with Gasteiger partial charge in [-0.1, -0.05) is 19.9 Å². The maximum Gasteiger partial charge on any atom is 0.416 e. The monoisotopic (exact) mass is 353 g/mol. The number of aromatic nitrogens is 1. The van der Waals surface area contributed by atoms with Crippen LogP contribution in [0.3, 0.4) is 0 Å². The molecule has 6 heteroatoms. The molecule has 1 aliphatic carbocycles. The van der Waals surface area contributed by atoms with Crippen LogP contribution in [-0.4, -0.2) is 23.2 Å². The van der Waals surface area contributed by atoms with Crippen molar-refractivity contribution in [3.05, 3.63) is 34.2 Å². The summed E-state index contributed by atoms with van der Waals surface area (Å²) >= 11 is 1.59. The van der Waals surface area contributed by atoms with Crippen molar-refractivity contribution in [3.8, 4) is 17.3 Å². The zero-order chi connectivity index (χ0) is 17.6. The first-order chi connectivity index (χ1) is 12.1. The number of carbonyl (C=O) groups is 1. The van der Waals surface area contributed by atoms with Crippen LogP contribution in [0.25, 0.3) is 11.3 Å². The number of amides is 1. The van der Waals surface area contributed by atoms with Crippen molar-refractivity contribution < 1.29 is 9.53 Å². The van der Waals surface area contributed by atoms with Crippen molar-refractivity contribution in [2.75, 3.05) is 11.5 Å². The van der Waals surface area contributed by atoms with Gasteiger partial charge in [0.05, 0.1) is 22.9 Å². The van der Waals surface area contributed by atoms with E-state index in [-0.39, 0.29) is 11.6 Å². The Morgan fingerprint density at radius 3 is 2.88 bits per heavy atom. The van der Waals surface area contributed by atoms with Crippen LogP contribution in [0.15, 0.2) is 18.2 Å². The zero-order valence-electron chi connectivity index (χ0n) is 14.3. The van der Waals surface area contributed by atoms with Crippen LogP contribution >= 0.6 is 11.3 Å². The summed E-state index contributed by atoms with van der Waals surface area (Å²) in [5.74, 6) is 0. The molecule has 2 heterocycles. The summed E-state index contributed by atoms with van der Waals surface area (Å²) in [5, 5.41) is 9.83. The summed E-state index contributed by atoms with van der Waals surface area (Å²) in [6, 6.07) is 7.95. The molecule has 0 bridgehead atoms. The third kappa shape index (κ3) is 2.34. The zero-order valence-corrected chi connectivity index (χ0v) is 15.2. The van der Waals surface area contributed by atoms with Gasteiger partial charge in [-0.25, -0.2) is 14.7 Å². The van der Waals surface area contributed by atoms with Gasteiger partial charge in [-0.15, -0.1) is 11.3 Å². The average molecular weight is 353 g/mol. The fourth-order valence-electron chi connectivity index (χ4n) is 3.73. The lowest BCUT2D eigenvalue weighted by molar-refractivity contribution is 0.171. The van der Waals surface area contributed by atoms with E-state index in [0.717, 1.165) is 47.6 Å². The van der Waals surface area contributed by atoms with Gasteiger partial charge in [-0.3, -0.25) is 0 Å². The van der Waals surface area contributed by atoms with Crippen LogP contribution in [0.2, 0.25) is 0 Å². The average Bonchev–Trinajstić information content (AvgIpc) is 3.21. The summed E-state index contributed by atoms with van der Waals surface area (Å²) in [6.07, 6.45) is 3.16. The Kier molecular flexibility index (Phi) is 3.77. The maximum atomic E-state index is 12.4. The Labute approximate surface area is 150 Å². The number of nitriles is 1. The largest absolute Gasteiger partial charge is 0.447 e. The number of anilines is 1. The molecule has 4 rings (SSSR count). The molecular formula is C19H19N3O2S. The molecule has 25 heavy (non-hydrogen) atoms. The van der Waals surface area contributed by atoms with E-state index in [1.807, 2.05) is 18.2 Å². The summed E-state index contributed by atoms with van der Waals surface area (Å²) in [6.45, 7) is 4.60. The van der Waals surface area contributed by atoms with E-state index in [0.29, 0.717) is 12.2 Å². The molecule has 0 unspecified atom stereocenters. The van der Waals surface area contributed by atoms with Crippen LogP contribution in [0.4, 0.5) is 9.93 Å². The normalized spacial score (nSPS) is 17.6. The minimum atomic E-state index is -0.301. The second-order valence-corrected chi connectivity index (χ2v) is 7.64. The summed E-state index contributed by atoms with van der Waals surface area (Å²) < 4.78 is 5.37. The molecule has 1 amide bonds. The molecule has 2 aliphatic rings. The van der Waals surface area contributed by atoms with Gasteiger partial charge in [0, 0.05) is 10.4 Å². The Morgan fingerprint density at radius 1 is 1.36 bits per heavy atom. The highest BCUT2D eigenvalue weighted by atomic mass is 32.1. The van der Waals surface area contributed by atoms with Gasteiger partial charge >= 0.3 is 6.09 Å². The number of nitrogens with zero attached hydrogens (tertiary/aromatic N) is 3. The van der Waals surface area contributed by atoms with Crippen molar-refractivity contribution >= 4 is 22.6 Å². The number of thiazole rings is 1. The number of hydrogen-bond donors (Lipinski definition) is 0. The van der Waals surface area contributed by atoms with E-state index in [1.165, 1.54) is 4.88 Å². The molecule has 128 valence electrons. The number of cyclic esters (lactones) is 1. The molecular weight excluding hydrogens is 334 g/mol. The maximum absolute atomic E-state index is 12.4. The lowest BCUT2D eigenvalue weighted by Crippen LogP contribution is -2.46. The number of hydrogen-bond acceptors (Lipinski definition) is 5. The highest BCUT2D eigenvalue weighted by Gasteiger charge is 2.47. The Morgan fingerprint density at radius 2 is 2.16 bits per heavy atom. The van der Waals surface area contributed by atoms with Gasteiger partial charge in [-0.05, 0) is 43.4 Å². The van der Waals surface area contributed by atoms with Crippen molar-refractivity contribution in [3.63, 3.8) is 0 Å². The van der Waals surface area contributed by atoms with Crippen molar-refractivity contribution in [1.82, 2.24) is 4.98 Å². The van der Waals surface area contributed by atoms with E-state index < -0.39 is 0 Å². The van der Waals surface area contributed by atoms with Crippen LogP contribution < -0.4 is 4.90 Å². The number of aryl methyl sites for hydroxylation is 2. The molecule has 0 N–H and O–H groups in total.